The van der Waals surface area contributed by atoms with Crippen LogP contribution in [0.1, 0.15) is 46.0 Å². The van der Waals surface area contributed by atoms with Crippen LogP contribution in [0.3, 0.4) is 0 Å². The number of nitrogens with one attached hydrogen (secondary N) is 4. The van der Waals surface area contributed by atoms with Crippen LogP contribution in [-0.2, 0) is 4.79 Å². The van der Waals surface area contributed by atoms with Gasteiger partial charge >= 0.3 is 0 Å². The smallest absolute Gasteiger partial charge is 0.223 e. The molecule has 7 unspecified atom stereocenters. The van der Waals surface area contributed by atoms with Crippen molar-refractivity contribution in [3.63, 3.8) is 0 Å². The molecule has 0 aromatic heterocycles. The monoisotopic (exact) mass is 478 g/mol. The van der Waals surface area contributed by atoms with Gasteiger partial charge in [0.1, 0.15) is 0 Å². The molecule has 9 heteroatoms. The average Bonchev–Trinajstić information content (AvgIpc) is 3.43. The van der Waals surface area contributed by atoms with E-state index in [4.69, 9.17) is 5.73 Å². The van der Waals surface area contributed by atoms with Crippen LogP contribution >= 0.6 is 0 Å². The summed E-state index contributed by atoms with van der Waals surface area (Å²) in [5.41, 5.74) is 9.39. The van der Waals surface area contributed by atoms with E-state index >= 15 is 0 Å². The third kappa shape index (κ3) is 6.30. The van der Waals surface area contributed by atoms with Crippen LogP contribution in [0.4, 0.5) is 0 Å². The van der Waals surface area contributed by atoms with Crippen molar-refractivity contribution < 1.29 is 4.79 Å². The SMILES string of the molecule is CC(C)N1NCC2C(C(=O)NCC3CN(C)CN3)CC(C3CCCC(CN(C)CCN)C3)NC21. The molecule has 1 aliphatic carbocycles. The number of nitrogens with two attached hydrogens (primary N) is 1. The maximum absolute atomic E-state index is 13.5. The first kappa shape index (κ1) is 26.3. The van der Waals surface area contributed by atoms with Crippen LogP contribution < -0.4 is 27.1 Å². The first-order chi connectivity index (χ1) is 16.4. The van der Waals surface area contributed by atoms with Crippen molar-refractivity contribution in [1.82, 2.24) is 36.2 Å². The average molecular weight is 479 g/mol. The second-order valence-electron chi connectivity index (χ2n) is 11.8. The molecule has 0 aromatic carbocycles. The van der Waals surface area contributed by atoms with Crippen molar-refractivity contribution in [2.45, 2.75) is 70.2 Å². The van der Waals surface area contributed by atoms with Crippen molar-refractivity contribution >= 4 is 5.91 Å². The predicted octanol–water partition coefficient (Wildman–Crippen LogP) is -0.190. The topological polar surface area (TPSA) is 101 Å². The Balaban J connectivity index is 1.41. The van der Waals surface area contributed by atoms with Gasteiger partial charge in [-0.15, -0.1) is 0 Å². The van der Waals surface area contributed by atoms with Crippen molar-refractivity contribution in [3.05, 3.63) is 0 Å². The molecule has 1 saturated carbocycles. The molecule has 0 bridgehead atoms. The Morgan fingerprint density at radius 1 is 1.26 bits per heavy atom. The highest BCUT2D eigenvalue weighted by atomic mass is 16.2. The van der Waals surface area contributed by atoms with Gasteiger partial charge in [-0.25, -0.2) is 5.01 Å². The second-order valence-corrected chi connectivity index (χ2v) is 11.8. The van der Waals surface area contributed by atoms with Gasteiger partial charge < -0.3 is 16.0 Å². The lowest BCUT2D eigenvalue weighted by Gasteiger charge is -2.46. The summed E-state index contributed by atoms with van der Waals surface area (Å²) in [6.45, 7) is 10.8. The number of carbonyl (C=O) groups excluding carboxylic acids is 1. The molecule has 3 aliphatic heterocycles. The van der Waals surface area contributed by atoms with Crippen molar-refractivity contribution in [2.75, 3.05) is 60.0 Å². The Labute approximate surface area is 206 Å². The number of rotatable bonds is 9. The normalized spacial score (nSPS) is 37.4. The lowest BCUT2D eigenvalue weighted by Crippen LogP contribution is -2.62. The highest BCUT2D eigenvalue weighted by Crippen LogP contribution is 2.39. The highest BCUT2D eigenvalue weighted by molar-refractivity contribution is 5.79. The summed E-state index contributed by atoms with van der Waals surface area (Å²) in [5.74, 6) is 2.00. The molecule has 6 N–H and O–H groups in total. The van der Waals surface area contributed by atoms with Crippen LogP contribution in [-0.4, -0.2) is 105 Å². The number of hydrogen-bond acceptors (Lipinski definition) is 8. The number of piperidine rings is 1. The predicted molar refractivity (Wildman–Crippen MR) is 137 cm³/mol. The summed E-state index contributed by atoms with van der Waals surface area (Å²) >= 11 is 0. The van der Waals surface area contributed by atoms with Crippen LogP contribution in [0, 0.1) is 23.7 Å². The van der Waals surface area contributed by atoms with Gasteiger partial charge in [-0.2, -0.15) is 0 Å². The molecule has 34 heavy (non-hydrogen) atoms. The fourth-order valence-corrected chi connectivity index (χ4v) is 6.96. The maximum Gasteiger partial charge on any atom is 0.223 e. The Kier molecular flexibility index (Phi) is 9.23. The number of hydrazine groups is 1. The molecule has 4 fully saturated rings. The molecule has 196 valence electrons. The van der Waals surface area contributed by atoms with Crippen LogP contribution in [0.15, 0.2) is 0 Å². The summed E-state index contributed by atoms with van der Waals surface area (Å²) in [5, 5.41) is 13.2. The molecular weight excluding hydrogens is 428 g/mol. The van der Waals surface area contributed by atoms with Gasteiger partial charge in [0, 0.05) is 75.9 Å². The van der Waals surface area contributed by atoms with Crippen molar-refractivity contribution in [2.24, 2.45) is 29.4 Å². The van der Waals surface area contributed by atoms with Crippen molar-refractivity contribution in [1.29, 1.82) is 0 Å². The number of nitrogens with zero attached hydrogens (tertiary/aromatic N) is 3. The number of fused-ring (bicyclic) bond motifs is 1. The van der Waals surface area contributed by atoms with E-state index in [9.17, 15) is 4.79 Å². The van der Waals surface area contributed by atoms with E-state index in [1.165, 1.54) is 25.7 Å². The third-order valence-electron chi connectivity index (χ3n) is 8.70. The fraction of sp³-hybridized carbons (Fsp3) is 0.960. The fourth-order valence-electron chi connectivity index (χ4n) is 6.96. The summed E-state index contributed by atoms with van der Waals surface area (Å²) in [4.78, 5) is 18.2. The molecule has 9 nitrogen and oxygen atoms in total. The lowest BCUT2D eigenvalue weighted by atomic mass is 9.71. The van der Waals surface area contributed by atoms with E-state index in [2.05, 4.69) is 64.1 Å². The van der Waals surface area contributed by atoms with Crippen LogP contribution in [0.25, 0.3) is 0 Å². The summed E-state index contributed by atoms with van der Waals surface area (Å²) < 4.78 is 0. The van der Waals surface area contributed by atoms with E-state index in [0.29, 0.717) is 30.0 Å². The minimum atomic E-state index is 0.0620. The number of amides is 1. The van der Waals surface area contributed by atoms with Gasteiger partial charge in [-0.1, -0.05) is 6.42 Å². The highest BCUT2D eigenvalue weighted by Gasteiger charge is 2.49. The Morgan fingerprint density at radius 3 is 2.79 bits per heavy atom. The molecule has 0 spiro atoms. The van der Waals surface area contributed by atoms with E-state index < -0.39 is 0 Å². The molecule has 1 amide bonds. The van der Waals surface area contributed by atoms with E-state index in [1.807, 2.05) is 0 Å². The number of hydrogen-bond donors (Lipinski definition) is 5. The maximum atomic E-state index is 13.5. The minimum Gasteiger partial charge on any atom is -0.354 e. The largest absolute Gasteiger partial charge is 0.354 e. The molecular formula is C25H50N8O. The standard InChI is InChI=1S/C25H50N8O/c1-17(2)33-24-22(13-29-33)21(25(34)27-12-20-15-32(4)16-28-20)11-23(30-24)19-7-5-6-18(10-19)14-31(3)9-8-26/h17-24,28-30H,5-16,26H2,1-4H3,(H,27,34). The summed E-state index contributed by atoms with van der Waals surface area (Å²) in [6.07, 6.45) is 6.32. The minimum absolute atomic E-state index is 0.0620. The van der Waals surface area contributed by atoms with E-state index in [0.717, 1.165) is 58.3 Å². The zero-order valence-electron chi connectivity index (χ0n) is 21.9. The van der Waals surface area contributed by atoms with Gasteiger partial charge in [0.25, 0.3) is 0 Å². The molecule has 4 aliphatic rings. The summed E-state index contributed by atoms with van der Waals surface area (Å²) in [6, 6.07) is 1.14. The third-order valence-corrected chi connectivity index (χ3v) is 8.70. The van der Waals surface area contributed by atoms with Crippen molar-refractivity contribution in [3.8, 4) is 0 Å². The Bertz CT molecular complexity index is 663. The Hall–Kier alpha value is -0.810. The van der Waals surface area contributed by atoms with Gasteiger partial charge in [0.15, 0.2) is 0 Å². The van der Waals surface area contributed by atoms with Crippen LogP contribution in [0.5, 0.6) is 0 Å². The molecule has 0 radical (unpaired) electrons. The molecule has 4 rings (SSSR count). The zero-order chi connectivity index (χ0) is 24.2. The second kappa shape index (κ2) is 12.0. The first-order valence-corrected chi connectivity index (χ1v) is 13.7. The van der Waals surface area contributed by atoms with Crippen LogP contribution in [0.2, 0.25) is 0 Å². The molecule has 7 atom stereocenters. The summed E-state index contributed by atoms with van der Waals surface area (Å²) in [7, 11) is 4.31. The molecule has 3 saturated heterocycles. The number of likely N-dealkylation sites (N-methyl/N-ethyl adjacent to an activating group) is 2. The van der Waals surface area contributed by atoms with E-state index in [1.54, 1.807) is 0 Å². The lowest BCUT2D eigenvalue weighted by molar-refractivity contribution is -0.129. The molecule has 3 heterocycles. The number of carbonyl (C=O) groups is 1. The Morgan fingerprint density at radius 2 is 2.09 bits per heavy atom. The van der Waals surface area contributed by atoms with Gasteiger partial charge in [0.05, 0.1) is 6.17 Å². The van der Waals surface area contributed by atoms with Gasteiger partial charge in [-0.05, 0) is 65.5 Å². The molecule has 0 aromatic rings. The van der Waals surface area contributed by atoms with E-state index in [-0.39, 0.29) is 18.0 Å². The zero-order valence-corrected chi connectivity index (χ0v) is 21.9. The van der Waals surface area contributed by atoms with Gasteiger partial charge in [0.2, 0.25) is 5.91 Å². The first-order valence-electron chi connectivity index (χ1n) is 13.7. The van der Waals surface area contributed by atoms with Gasteiger partial charge in [-0.3, -0.25) is 25.8 Å². The quantitative estimate of drug-likeness (QED) is 0.311.